The molecule has 2 amide bonds. The molecular weight excluding hydrogens is 388 g/mol. The molecule has 2 aromatic rings. The number of urea groups is 1. The lowest BCUT2D eigenvalue weighted by Crippen LogP contribution is -2.50. The average molecular weight is 405 g/mol. The quantitative estimate of drug-likeness (QED) is 0.740. The van der Waals surface area contributed by atoms with Gasteiger partial charge >= 0.3 is 12.0 Å². The third kappa shape index (κ3) is 3.11. The van der Waals surface area contributed by atoms with E-state index in [2.05, 4.69) is 0 Å². The zero-order chi connectivity index (χ0) is 19.2. The molecule has 4 rings (SSSR count). The van der Waals surface area contributed by atoms with E-state index in [0.717, 1.165) is 17.0 Å². The van der Waals surface area contributed by atoms with Crippen LogP contribution in [0.2, 0.25) is 5.02 Å². The number of carboxylic acid groups (broad SMARTS) is 1. The van der Waals surface area contributed by atoms with E-state index in [1.165, 1.54) is 16.8 Å². The summed E-state index contributed by atoms with van der Waals surface area (Å²) < 4.78 is 7.39. The SMILES string of the molecule is CN1C(=O)N(c2ccc(Cl)cc2)Sc2ccc(OC3(C(=O)O)CCC3)cc21. The van der Waals surface area contributed by atoms with Crippen molar-refractivity contribution in [2.45, 2.75) is 29.8 Å². The molecule has 0 radical (unpaired) electrons. The lowest BCUT2D eigenvalue weighted by Gasteiger charge is -2.38. The highest BCUT2D eigenvalue weighted by atomic mass is 35.5. The fraction of sp³-hybridized carbons (Fsp3) is 0.263. The van der Waals surface area contributed by atoms with Gasteiger partial charge in [0.2, 0.25) is 5.60 Å². The summed E-state index contributed by atoms with van der Waals surface area (Å²) in [5, 5.41) is 10.1. The Morgan fingerprint density at radius 2 is 1.93 bits per heavy atom. The van der Waals surface area contributed by atoms with Gasteiger partial charge in [-0.05, 0) is 67.6 Å². The van der Waals surface area contributed by atoms with E-state index in [9.17, 15) is 14.7 Å². The Bertz CT molecular complexity index is 914. The number of carbonyl (C=O) groups is 2. The predicted molar refractivity (Wildman–Crippen MR) is 105 cm³/mol. The van der Waals surface area contributed by atoms with Crippen molar-refractivity contribution < 1.29 is 19.4 Å². The van der Waals surface area contributed by atoms with E-state index >= 15 is 0 Å². The van der Waals surface area contributed by atoms with Crippen LogP contribution in [0, 0.1) is 0 Å². The highest BCUT2D eigenvalue weighted by molar-refractivity contribution is 8.01. The molecule has 0 spiro atoms. The number of aliphatic carboxylic acids is 1. The number of fused-ring (bicyclic) bond motifs is 1. The van der Waals surface area contributed by atoms with Crippen LogP contribution in [0.15, 0.2) is 47.4 Å². The van der Waals surface area contributed by atoms with Crippen molar-refractivity contribution in [2.75, 3.05) is 16.3 Å². The second kappa shape index (κ2) is 6.65. The van der Waals surface area contributed by atoms with Gasteiger partial charge < -0.3 is 9.84 Å². The lowest BCUT2D eigenvalue weighted by atomic mass is 9.80. The van der Waals surface area contributed by atoms with Crippen molar-refractivity contribution >= 4 is 46.9 Å². The molecule has 8 heteroatoms. The third-order valence-corrected chi connectivity index (χ3v) is 6.21. The maximum Gasteiger partial charge on any atom is 0.348 e. The lowest BCUT2D eigenvalue weighted by molar-refractivity contribution is -0.163. The summed E-state index contributed by atoms with van der Waals surface area (Å²) in [6.45, 7) is 0. The fourth-order valence-electron chi connectivity index (χ4n) is 3.10. The van der Waals surface area contributed by atoms with Crippen molar-refractivity contribution in [2.24, 2.45) is 0 Å². The molecule has 140 valence electrons. The highest BCUT2D eigenvalue weighted by Crippen LogP contribution is 2.44. The maximum atomic E-state index is 12.8. The summed E-state index contributed by atoms with van der Waals surface area (Å²) in [4.78, 5) is 26.7. The van der Waals surface area contributed by atoms with Crippen LogP contribution in [0.3, 0.4) is 0 Å². The first-order valence-corrected chi connectivity index (χ1v) is 9.63. The molecule has 6 nitrogen and oxygen atoms in total. The van der Waals surface area contributed by atoms with Crippen molar-refractivity contribution in [1.29, 1.82) is 0 Å². The Balaban J connectivity index is 1.62. The molecule has 1 heterocycles. The van der Waals surface area contributed by atoms with Gasteiger partial charge in [-0.1, -0.05) is 11.6 Å². The van der Waals surface area contributed by atoms with Gasteiger partial charge in [0.15, 0.2) is 0 Å². The number of carbonyl (C=O) groups excluding carboxylic acids is 1. The van der Waals surface area contributed by atoms with Crippen LogP contribution in [0.4, 0.5) is 16.2 Å². The number of rotatable bonds is 4. The van der Waals surface area contributed by atoms with Crippen LogP contribution >= 0.6 is 23.5 Å². The van der Waals surface area contributed by atoms with Gasteiger partial charge in [-0.2, -0.15) is 0 Å². The highest BCUT2D eigenvalue weighted by Gasteiger charge is 2.47. The molecule has 0 aromatic heterocycles. The molecule has 2 aromatic carbocycles. The summed E-state index contributed by atoms with van der Waals surface area (Å²) in [5.41, 5.74) is 0.271. The molecule has 1 fully saturated rings. The molecule has 0 atom stereocenters. The van der Waals surface area contributed by atoms with Gasteiger partial charge in [0, 0.05) is 18.1 Å². The molecule has 1 aliphatic heterocycles. The molecule has 2 aliphatic rings. The molecule has 0 saturated heterocycles. The smallest absolute Gasteiger partial charge is 0.348 e. The number of hydrogen-bond donors (Lipinski definition) is 1. The minimum absolute atomic E-state index is 0.205. The Morgan fingerprint density at radius 3 is 2.52 bits per heavy atom. The summed E-state index contributed by atoms with van der Waals surface area (Å²) >= 11 is 7.24. The van der Waals surface area contributed by atoms with E-state index in [1.54, 1.807) is 47.8 Å². The largest absolute Gasteiger partial charge is 0.478 e. The predicted octanol–water partition coefficient (Wildman–Crippen LogP) is 4.81. The van der Waals surface area contributed by atoms with E-state index in [0.29, 0.717) is 29.3 Å². The number of anilines is 2. The number of hydrogen-bond acceptors (Lipinski definition) is 4. The van der Waals surface area contributed by atoms with Crippen LogP contribution in [0.5, 0.6) is 5.75 Å². The standard InChI is InChI=1S/C19H17ClN2O4S/c1-21-15-11-14(26-19(17(23)24)9-2-10-19)7-8-16(15)27-22(18(21)25)13-5-3-12(20)4-6-13/h3-8,11H,2,9-10H2,1H3,(H,23,24). The summed E-state index contributed by atoms with van der Waals surface area (Å²) in [6, 6.07) is 12.2. The molecule has 27 heavy (non-hydrogen) atoms. The first kappa shape index (κ1) is 18.0. The first-order valence-electron chi connectivity index (χ1n) is 8.47. The second-order valence-electron chi connectivity index (χ2n) is 6.59. The van der Waals surface area contributed by atoms with Crippen molar-refractivity contribution in [3.63, 3.8) is 0 Å². The number of carboxylic acids is 1. The first-order chi connectivity index (χ1) is 12.9. The number of nitrogens with zero attached hydrogens (tertiary/aromatic N) is 2. The van der Waals surface area contributed by atoms with Gasteiger partial charge in [0.1, 0.15) is 5.75 Å². The van der Waals surface area contributed by atoms with Crippen molar-refractivity contribution in [1.82, 2.24) is 0 Å². The van der Waals surface area contributed by atoms with Crippen LogP contribution in [0.25, 0.3) is 0 Å². The van der Waals surface area contributed by atoms with Crippen LogP contribution in [-0.4, -0.2) is 29.8 Å². The van der Waals surface area contributed by atoms with E-state index in [1.807, 2.05) is 6.07 Å². The Hall–Kier alpha value is -2.38. The normalized spacial score (nSPS) is 17.9. The third-order valence-electron chi connectivity index (χ3n) is 4.87. The van der Waals surface area contributed by atoms with Crippen LogP contribution in [-0.2, 0) is 4.79 Å². The number of halogens is 1. The van der Waals surface area contributed by atoms with E-state index in [4.69, 9.17) is 16.3 Å². The zero-order valence-corrected chi connectivity index (χ0v) is 16.1. The van der Waals surface area contributed by atoms with Crippen LogP contribution in [0.1, 0.15) is 19.3 Å². The van der Waals surface area contributed by atoms with Crippen molar-refractivity contribution in [3.8, 4) is 5.75 Å². The monoisotopic (exact) mass is 404 g/mol. The van der Waals surface area contributed by atoms with Gasteiger partial charge in [0.05, 0.1) is 16.3 Å². The summed E-state index contributed by atoms with van der Waals surface area (Å²) in [7, 11) is 1.68. The van der Waals surface area contributed by atoms with Gasteiger partial charge in [0.25, 0.3) is 0 Å². The van der Waals surface area contributed by atoms with E-state index < -0.39 is 11.6 Å². The van der Waals surface area contributed by atoms with Crippen molar-refractivity contribution in [3.05, 3.63) is 47.5 Å². The molecule has 1 saturated carbocycles. The number of benzene rings is 2. The molecule has 1 N–H and O–H groups in total. The van der Waals surface area contributed by atoms with Gasteiger partial charge in [-0.15, -0.1) is 0 Å². The minimum Gasteiger partial charge on any atom is -0.478 e. The zero-order valence-electron chi connectivity index (χ0n) is 14.5. The molecule has 0 bridgehead atoms. The summed E-state index contributed by atoms with van der Waals surface area (Å²) in [5.74, 6) is -0.491. The maximum absolute atomic E-state index is 12.8. The number of amides is 2. The molecule has 0 unspecified atom stereocenters. The topological polar surface area (TPSA) is 70.1 Å². The summed E-state index contributed by atoms with van der Waals surface area (Å²) in [6.07, 6.45) is 1.82. The Kier molecular flexibility index (Phi) is 4.44. The molecule has 1 aliphatic carbocycles. The Labute approximate surface area is 165 Å². The second-order valence-corrected chi connectivity index (χ2v) is 8.01. The number of ether oxygens (including phenoxy) is 1. The average Bonchev–Trinajstić information content (AvgIpc) is 2.62. The fourth-order valence-corrected chi connectivity index (χ4v) is 4.27. The van der Waals surface area contributed by atoms with E-state index in [-0.39, 0.29) is 6.03 Å². The minimum atomic E-state index is -1.14. The van der Waals surface area contributed by atoms with Gasteiger partial charge in [-0.3, -0.25) is 4.90 Å². The molecular formula is C19H17ClN2O4S. The van der Waals surface area contributed by atoms with Gasteiger partial charge in [-0.25, -0.2) is 13.9 Å². The van der Waals surface area contributed by atoms with Crippen LogP contribution < -0.4 is 13.9 Å². The Morgan fingerprint density at radius 1 is 1.22 bits per heavy atom.